The summed E-state index contributed by atoms with van der Waals surface area (Å²) < 4.78 is 53.7. The predicted octanol–water partition coefficient (Wildman–Crippen LogP) is 5.80. The Kier molecular flexibility index (Phi) is 14.6. The number of sulfonamides is 1. The first kappa shape index (κ1) is 41.9. The summed E-state index contributed by atoms with van der Waals surface area (Å²) in [4.78, 5) is 21.0. The Hall–Kier alpha value is -2.71. The van der Waals surface area contributed by atoms with Crippen molar-refractivity contribution in [3.05, 3.63) is 70.3 Å². The van der Waals surface area contributed by atoms with Crippen LogP contribution in [0.25, 0.3) is 0 Å². The van der Waals surface area contributed by atoms with Crippen LogP contribution in [0.1, 0.15) is 67.4 Å². The summed E-state index contributed by atoms with van der Waals surface area (Å²) in [6.07, 6.45) is 9.82. The van der Waals surface area contributed by atoms with Crippen molar-refractivity contribution in [3.63, 3.8) is 0 Å². The van der Waals surface area contributed by atoms with E-state index in [9.17, 15) is 13.2 Å². The van der Waals surface area contributed by atoms with Crippen molar-refractivity contribution in [3.8, 4) is 5.75 Å². The largest absolute Gasteiger partial charge is 0.487 e. The second-order valence-corrected chi connectivity index (χ2v) is 18.4. The van der Waals surface area contributed by atoms with Crippen molar-refractivity contribution in [2.75, 3.05) is 91.3 Å². The maximum absolute atomic E-state index is 13.6. The highest BCUT2D eigenvalue weighted by molar-refractivity contribution is 7.90. The molecule has 1 saturated carbocycles. The fourth-order valence-electron chi connectivity index (χ4n) is 8.59. The maximum Gasteiger partial charge on any atom is 0.264 e. The molecule has 1 N–H and O–H groups in total. The Bertz CT molecular complexity index is 1740. The van der Waals surface area contributed by atoms with Gasteiger partial charge in [-0.2, -0.15) is 0 Å². The third-order valence-electron chi connectivity index (χ3n) is 12.5. The van der Waals surface area contributed by atoms with Crippen LogP contribution in [0.2, 0.25) is 5.02 Å². The molecule has 13 heteroatoms. The zero-order valence-corrected chi connectivity index (χ0v) is 34.7. The minimum Gasteiger partial charge on any atom is -0.487 e. The van der Waals surface area contributed by atoms with E-state index in [-0.39, 0.29) is 11.8 Å². The van der Waals surface area contributed by atoms with Crippen LogP contribution in [0.15, 0.2) is 48.6 Å². The van der Waals surface area contributed by atoms with E-state index < -0.39 is 26.8 Å². The highest BCUT2D eigenvalue weighted by atomic mass is 35.5. The van der Waals surface area contributed by atoms with Crippen LogP contribution in [0.3, 0.4) is 0 Å². The van der Waals surface area contributed by atoms with Crippen LogP contribution in [0.5, 0.6) is 5.75 Å². The number of amides is 1. The van der Waals surface area contributed by atoms with E-state index >= 15 is 0 Å². The van der Waals surface area contributed by atoms with Crippen LogP contribution >= 0.6 is 11.6 Å². The summed E-state index contributed by atoms with van der Waals surface area (Å²) in [6, 6.07) is 11.3. The number of benzene rings is 2. The van der Waals surface area contributed by atoms with Gasteiger partial charge in [0.2, 0.25) is 10.0 Å². The molecule has 0 radical (unpaired) electrons. The lowest BCUT2D eigenvalue weighted by atomic mass is 9.63. The van der Waals surface area contributed by atoms with E-state index in [0.29, 0.717) is 55.1 Å². The summed E-state index contributed by atoms with van der Waals surface area (Å²) in [5.41, 5.74) is 2.83. The van der Waals surface area contributed by atoms with Gasteiger partial charge in [0.1, 0.15) is 18.0 Å². The molecule has 2 bridgehead atoms. The van der Waals surface area contributed by atoms with Gasteiger partial charge in [-0.25, -0.2) is 13.1 Å². The summed E-state index contributed by atoms with van der Waals surface area (Å²) in [5.74, 6) is 0.403. The van der Waals surface area contributed by atoms with Crippen LogP contribution < -0.4 is 14.4 Å². The monoisotopic (exact) mass is 800 g/mol. The molecule has 1 aliphatic carbocycles. The van der Waals surface area contributed by atoms with Crippen LogP contribution in [0, 0.1) is 17.8 Å². The molecular weight excluding hydrogens is 740 g/mol. The summed E-state index contributed by atoms with van der Waals surface area (Å²) in [7, 11) is -0.440. The number of carbonyl (C=O) groups is 1. The number of allylic oxidation sites excluding steroid dienone is 1. The number of nitrogens with zero attached hydrogens (tertiary/aromatic N) is 3. The van der Waals surface area contributed by atoms with Gasteiger partial charge in [0.15, 0.2) is 0 Å². The number of methoxy groups -OCH3 is 2. The highest BCUT2D eigenvalue weighted by Gasteiger charge is 2.48. The van der Waals surface area contributed by atoms with Crippen molar-refractivity contribution in [2.24, 2.45) is 17.8 Å². The number of carbonyl (C=O) groups excluding carboxylic acids is 1. The molecule has 3 heterocycles. The van der Waals surface area contributed by atoms with Crippen molar-refractivity contribution >= 4 is 33.2 Å². The van der Waals surface area contributed by atoms with Crippen molar-refractivity contribution in [2.45, 2.75) is 69.8 Å². The Morgan fingerprint density at radius 2 is 1.75 bits per heavy atom. The minimum absolute atomic E-state index is 0.232. The molecule has 11 nitrogen and oxygen atoms in total. The molecule has 0 aromatic heterocycles. The van der Waals surface area contributed by atoms with E-state index in [4.69, 9.17) is 30.5 Å². The minimum atomic E-state index is -3.97. The molecule has 55 heavy (non-hydrogen) atoms. The Morgan fingerprint density at radius 3 is 2.49 bits per heavy atom. The van der Waals surface area contributed by atoms with Crippen LogP contribution in [0.4, 0.5) is 5.69 Å². The van der Waals surface area contributed by atoms with Crippen molar-refractivity contribution < 1.29 is 32.2 Å². The van der Waals surface area contributed by atoms with Gasteiger partial charge in [0, 0.05) is 77.2 Å². The molecule has 0 unspecified atom stereocenters. The molecule has 6 rings (SSSR count). The average molecular weight is 801 g/mol. The van der Waals surface area contributed by atoms with Gasteiger partial charge in [-0.15, -0.1) is 0 Å². The second kappa shape index (κ2) is 19.2. The molecule has 1 saturated heterocycles. The topological polar surface area (TPSA) is 110 Å². The normalized spacial score (nSPS) is 28.7. The number of piperazine rings is 1. The maximum atomic E-state index is 13.6. The van der Waals surface area contributed by atoms with E-state index in [0.717, 1.165) is 95.7 Å². The molecule has 2 fully saturated rings. The molecule has 3 aliphatic heterocycles. The molecule has 1 amide bonds. The second-order valence-electron chi connectivity index (χ2n) is 15.9. The molecule has 2 aromatic rings. The summed E-state index contributed by atoms with van der Waals surface area (Å²) in [6.45, 7) is 12.9. The van der Waals surface area contributed by atoms with E-state index in [1.54, 1.807) is 20.1 Å². The zero-order chi connectivity index (χ0) is 39.0. The number of aryl methyl sites for hydroxylation is 1. The van der Waals surface area contributed by atoms with Gasteiger partial charge in [-0.3, -0.25) is 14.6 Å². The fourth-order valence-corrected chi connectivity index (χ4v) is 10.1. The molecule has 0 spiro atoms. The fraction of sp³-hybridized carbons (Fsp3) is 0.643. The Labute approximate surface area is 333 Å². The molecule has 2 aromatic carbocycles. The number of ether oxygens (including phenoxy) is 4. The number of fused-ring (bicyclic) bond motifs is 3. The third kappa shape index (κ3) is 10.4. The predicted molar refractivity (Wildman–Crippen MR) is 218 cm³/mol. The van der Waals surface area contributed by atoms with Gasteiger partial charge in [0.05, 0.1) is 30.8 Å². The van der Waals surface area contributed by atoms with E-state index in [1.807, 2.05) is 44.4 Å². The van der Waals surface area contributed by atoms with E-state index in [2.05, 4.69) is 31.6 Å². The highest BCUT2D eigenvalue weighted by Crippen LogP contribution is 2.47. The lowest BCUT2D eigenvalue weighted by Gasteiger charge is -2.52. The number of hydrogen-bond donors (Lipinski definition) is 1. The SMILES string of the molecule is COCCOCCN1CCN(C[C@]2(OC)/C=C/C[C@H](C)[C@@H](C)S(=O)(=O)NC(=O)c3ccc4c(c3)N(CCCCc3cc(Cl)ccc3CO4)C[C@@H]3CC[C@H]32)CC1. The molecular formula is C42H61ClN4O7S. The van der Waals surface area contributed by atoms with Gasteiger partial charge < -0.3 is 23.8 Å². The smallest absolute Gasteiger partial charge is 0.264 e. The van der Waals surface area contributed by atoms with Gasteiger partial charge >= 0.3 is 0 Å². The van der Waals surface area contributed by atoms with Crippen molar-refractivity contribution in [1.29, 1.82) is 0 Å². The molecule has 4 aliphatic rings. The number of rotatable bonds is 9. The third-order valence-corrected chi connectivity index (χ3v) is 14.6. The van der Waals surface area contributed by atoms with Gasteiger partial charge in [0.25, 0.3) is 5.91 Å². The lowest BCUT2D eigenvalue weighted by Crippen LogP contribution is -2.58. The first-order chi connectivity index (χ1) is 26.5. The number of halogens is 1. The summed E-state index contributed by atoms with van der Waals surface area (Å²) in [5, 5.41) is -0.0754. The van der Waals surface area contributed by atoms with Crippen LogP contribution in [-0.2, 0) is 37.3 Å². The Balaban J connectivity index is 1.30. The first-order valence-electron chi connectivity index (χ1n) is 20.1. The van der Waals surface area contributed by atoms with E-state index in [1.165, 1.54) is 5.56 Å². The zero-order valence-electron chi connectivity index (χ0n) is 33.1. The number of anilines is 1. The van der Waals surface area contributed by atoms with Gasteiger partial charge in [-0.05, 0) is 105 Å². The Morgan fingerprint density at radius 1 is 0.945 bits per heavy atom. The van der Waals surface area contributed by atoms with Crippen molar-refractivity contribution in [1.82, 2.24) is 14.5 Å². The standard InChI is InChI=1S/C42H61ClN4O7S/c1-31-8-7-16-42(52-4,30-46-20-18-45(19-21-46)22-23-53-25-24-51-3)38-14-11-35(38)28-47-17-6-5-9-33-26-37(43)13-10-36(33)29-54-40-15-12-34(27-39(40)47)41(48)44-55(49,50)32(31)2/h7,10,12-13,15-16,26-27,31-32,35,38H,5-6,8-9,11,14,17-25,28-30H2,1-4H3,(H,44,48)/b16-7+/t31-,32+,35-,38+,42+/m0/s1. The number of nitrogens with one attached hydrogen (secondary N) is 1. The first-order valence-corrected chi connectivity index (χ1v) is 22.0. The molecule has 5 atom stereocenters. The quantitative estimate of drug-likeness (QED) is 0.247. The van der Waals surface area contributed by atoms with Gasteiger partial charge in [-0.1, -0.05) is 36.7 Å². The lowest BCUT2D eigenvalue weighted by molar-refractivity contribution is -0.0957. The average Bonchev–Trinajstić information content (AvgIpc) is 3.19. The van der Waals surface area contributed by atoms with Crippen LogP contribution in [-0.4, -0.2) is 121 Å². The number of hydrogen-bond acceptors (Lipinski definition) is 10. The molecule has 304 valence electrons. The summed E-state index contributed by atoms with van der Waals surface area (Å²) >= 11 is 6.41.